The number of fused-ring (bicyclic) bond motifs is 1. The highest BCUT2D eigenvalue weighted by molar-refractivity contribution is 7.99. The summed E-state index contributed by atoms with van der Waals surface area (Å²) in [5, 5.41) is 0.817. The van der Waals surface area contributed by atoms with Crippen molar-refractivity contribution >= 4 is 56.8 Å². The number of thiazole rings is 1. The molecule has 2 aromatic carbocycles. The van der Waals surface area contributed by atoms with Crippen LogP contribution in [0.25, 0.3) is 10.2 Å². The van der Waals surface area contributed by atoms with E-state index >= 15 is 0 Å². The van der Waals surface area contributed by atoms with E-state index in [9.17, 15) is 4.79 Å². The van der Waals surface area contributed by atoms with Crippen LogP contribution in [0.15, 0.2) is 47.4 Å². The predicted octanol–water partition coefficient (Wildman–Crippen LogP) is 6.19. The van der Waals surface area contributed by atoms with Crippen molar-refractivity contribution in [3.05, 3.63) is 53.6 Å². The van der Waals surface area contributed by atoms with Gasteiger partial charge in [0.1, 0.15) is 0 Å². The summed E-state index contributed by atoms with van der Waals surface area (Å²) < 4.78 is 1.15. The molecule has 0 radical (unpaired) electrons. The molecule has 3 aromatic rings. The van der Waals surface area contributed by atoms with Gasteiger partial charge in [0.25, 0.3) is 0 Å². The lowest BCUT2D eigenvalue weighted by Gasteiger charge is -2.24. The van der Waals surface area contributed by atoms with E-state index in [0.717, 1.165) is 40.7 Å². The molecule has 1 aromatic heterocycles. The minimum absolute atomic E-state index is 0. The van der Waals surface area contributed by atoms with Gasteiger partial charge in [-0.25, -0.2) is 4.98 Å². The van der Waals surface area contributed by atoms with Crippen LogP contribution in [0.2, 0.25) is 0 Å². The smallest absolute Gasteiger partial charge is 0.229 e. The molecule has 0 aliphatic rings. The number of carbonyl (C=O) groups excluding carboxylic acids is 1. The van der Waals surface area contributed by atoms with Gasteiger partial charge in [-0.3, -0.25) is 9.69 Å². The molecule has 0 saturated carbocycles. The van der Waals surface area contributed by atoms with Crippen LogP contribution in [-0.2, 0) is 4.79 Å². The predicted molar refractivity (Wildman–Crippen MR) is 138 cm³/mol. The van der Waals surface area contributed by atoms with Gasteiger partial charge in [-0.1, -0.05) is 43.4 Å². The summed E-state index contributed by atoms with van der Waals surface area (Å²) in [5.74, 6) is 0.923. The van der Waals surface area contributed by atoms with Crippen molar-refractivity contribution in [2.24, 2.45) is 0 Å². The molecular weight excluding hydrogens is 446 g/mol. The molecule has 0 unspecified atom stereocenters. The van der Waals surface area contributed by atoms with Gasteiger partial charge in [0.15, 0.2) is 5.13 Å². The summed E-state index contributed by atoms with van der Waals surface area (Å²) in [4.78, 5) is 23.5. The number of benzene rings is 2. The summed E-state index contributed by atoms with van der Waals surface area (Å²) in [5.41, 5.74) is 3.48. The molecule has 0 saturated heterocycles. The van der Waals surface area contributed by atoms with Crippen LogP contribution in [0.1, 0.15) is 31.4 Å². The second-order valence-corrected chi connectivity index (χ2v) is 9.56. The van der Waals surface area contributed by atoms with Crippen molar-refractivity contribution in [2.75, 3.05) is 36.8 Å². The van der Waals surface area contributed by atoms with Crippen molar-refractivity contribution in [3.8, 4) is 0 Å². The third kappa shape index (κ3) is 6.94. The van der Waals surface area contributed by atoms with E-state index in [1.54, 1.807) is 23.1 Å². The molecule has 168 valence electrons. The van der Waals surface area contributed by atoms with Crippen molar-refractivity contribution in [1.29, 1.82) is 0 Å². The van der Waals surface area contributed by atoms with Gasteiger partial charge in [0.05, 0.1) is 10.2 Å². The summed E-state index contributed by atoms with van der Waals surface area (Å²) in [6, 6.07) is 14.6. The molecule has 0 aliphatic heterocycles. The summed E-state index contributed by atoms with van der Waals surface area (Å²) in [6.45, 7) is 12.1. The lowest BCUT2D eigenvalue weighted by atomic mass is 10.1. The molecule has 7 heteroatoms. The first-order valence-corrected chi connectivity index (χ1v) is 12.4. The fraction of sp³-hybridized carbons (Fsp3) is 0.417. The molecule has 0 spiro atoms. The Kier molecular flexibility index (Phi) is 10.3. The second kappa shape index (κ2) is 12.4. The highest BCUT2D eigenvalue weighted by Gasteiger charge is 2.20. The van der Waals surface area contributed by atoms with Crippen LogP contribution in [0.4, 0.5) is 5.13 Å². The van der Waals surface area contributed by atoms with E-state index in [1.165, 1.54) is 16.0 Å². The van der Waals surface area contributed by atoms with Crippen LogP contribution in [0, 0.1) is 13.8 Å². The Morgan fingerprint density at radius 1 is 1.03 bits per heavy atom. The van der Waals surface area contributed by atoms with Crippen molar-refractivity contribution < 1.29 is 4.79 Å². The van der Waals surface area contributed by atoms with Crippen LogP contribution < -0.4 is 4.90 Å². The Labute approximate surface area is 200 Å². The fourth-order valence-corrected chi connectivity index (χ4v) is 5.25. The number of nitrogens with zero attached hydrogens (tertiary/aromatic N) is 3. The number of thioether (sulfide) groups is 1. The Morgan fingerprint density at radius 2 is 1.71 bits per heavy atom. The van der Waals surface area contributed by atoms with Gasteiger partial charge in [0, 0.05) is 30.2 Å². The lowest BCUT2D eigenvalue weighted by Crippen LogP contribution is -2.39. The molecule has 0 N–H and O–H groups in total. The number of halogens is 1. The van der Waals surface area contributed by atoms with Crippen molar-refractivity contribution in [2.45, 2.75) is 39.0 Å². The van der Waals surface area contributed by atoms with Crippen LogP contribution >= 0.6 is 35.5 Å². The number of amides is 1. The lowest BCUT2D eigenvalue weighted by molar-refractivity contribution is -0.118. The zero-order valence-electron chi connectivity index (χ0n) is 18.8. The van der Waals surface area contributed by atoms with Gasteiger partial charge in [0.2, 0.25) is 5.91 Å². The van der Waals surface area contributed by atoms with E-state index in [4.69, 9.17) is 4.98 Å². The number of carbonyl (C=O) groups is 1. The molecule has 0 atom stereocenters. The quantitative estimate of drug-likeness (QED) is 0.326. The van der Waals surface area contributed by atoms with Crippen molar-refractivity contribution in [3.63, 3.8) is 0 Å². The number of rotatable bonds is 10. The molecule has 0 bridgehead atoms. The maximum Gasteiger partial charge on any atom is 0.229 e. The number of likely N-dealkylation sites (N-methyl/N-ethyl adjacent to an activating group) is 1. The van der Waals surface area contributed by atoms with Gasteiger partial charge >= 0.3 is 0 Å². The average Bonchev–Trinajstić information content (AvgIpc) is 3.14. The average molecular weight is 478 g/mol. The second-order valence-electron chi connectivity index (χ2n) is 7.38. The number of anilines is 1. The molecule has 4 nitrogen and oxygen atoms in total. The Hall–Kier alpha value is -1.60. The SMILES string of the molecule is CCN(CC)CCN(C(=O)CCSc1ccccc1)c1nc2cc(C)c(C)cc2s1.Cl. The number of aromatic nitrogens is 1. The maximum atomic E-state index is 13.2. The molecule has 3 rings (SSSR count). The number of aryl methyl sites for hydroxylation is 2. The number of hydrogen-bond donors (Lipinski definition) is 0. The minimum Gasteiger partial charge on any atom is -0.302 e. The minimum atomic E-state index is 0. The van der Waals surface area contributed by atoms with Gasteiger partial charge in [-0.05, 0) is 62.3 Å². The fourth-order valence-electron chi connectivity index (χ4n) is 3.30. The standard InChI is InChI=1S/C24H31N3OS2.ClH/c1-5-26(6-2)13-14-27(23(28)12-15-29-20-10-8-7-9-11-20)24-25-21-16-18(3)19(4)17-22(21)30-24;/h7-11,16-17H,5-6,12-15H2,1-4H3;1H. The zero-order valence-corrected chi connectivity index (χ0v) is 21.2. The van der Waals surface area contributed by atoms with E-state index in [2.05, 4.69) is 56.9 Å². The largest absolute Gasteiger partial charge is 0.302 e. The van der Waals surface area contributed by atoms with Crippen LogP contribution in [0.5, 0.6) is 0 Å². The van der Waals surface area contributed by atoms with Gasteiger partial charge in [-0.2, -0.15) is 0 Å². The van der Waals surface area contributed by atoms with E-state index in [-0.39, 0.29) is 18.3 Å². The first-order chi connectivity index (χ1) is 14.5. The highest BCUT2D eigenvalue weighted by atomic mass is 35.5. The third-order valence-corrected chi connectivity index (χ3v) is 7.44. The molecule has 1 heterocycles. The summed E-state index contributed by atoms with van der Waals surface area (Å²) in [7, 11) is 0. The monoisotopic (exact) mass is 477 g/mol. The maximum absolute atomic E-state index is 13.2. The normalized spacial score (nSPS) is 11.0. The van der Waals surface area contributed by atoms with E-state index in [0.29, 0.717) is 13.0 Å². The molecule has 1 amide bonds. The molecule has 0 fully saturated rings. The Morgan fingerprint density at radius 3 is 2.39 bits per heavy atom. The first-order valence-electron chi connectivity index (χ1n) is 10.6. The number of hydrogen-bond acceptors (Lipinski definition) is 5. The van der Waals surface area contributed by atoms with E-state index < -0.39 is 0 Å². The first kappa shape index (κ1) is 25.7. The topological polar surface area (TPSA) is 36.4 Å². The van der Waals surface area contributed by atoms with Gasteiger partial charge in [-0.15, -0.1) is 24.2 Å². The third-order valence-electron chi connectivity index (χ3n) is 5.39. The molecule has 31 heavy (non-hydrogen) atoms. The van der Waals surface area contributed by atoms with Crippen molar-refractivity contribution in [1.82, 2.24) is 9.88 Å². The molecule has 0 aliphatic carbocycles. The molecular formula is C24H32ClN3OS2. The van der Waals surface area contributed by atoms with Crippen LogP contribution in [0.3, 0.4) is 0 Å². The van der Waals surface area contributed by atoms with Crippen LogP contribution in [-0.4, -0.2) is 47.7 Å². The summed E-state index contributed by atoms with van der Waals surface area (Å²) in [6.07, 6.45) is 0.506. The summed E-state index contributed by atoms with van der Waals surface area (Å²) >= 11 is 3.35. The zero-order chi connectivity index (χ0) is 21.5. The highest BCUT2D eigenvalue weighted by Crippen LogP contribution is 2.31. The Balaban J connectivity index is 0.00000341. The Bertz CT molecular complexity index is 935. The van der Waals surface area contributed by atoms with E-state index in [1.807, 2.05) is 23.1 Å². The van der Waals surface area contributed by atoms with Gasteiger partial charge < -0.3 is 4.90 Å².